The summed E-state index contributed by atoms with van der Waals surface area (Å²) in [5.41, 5.74) is 5.27. The Morgan fingerprint density at radius 1 is 1.40 bits per heavy atom. The van der Waals surface area contributed by atoms with Gasteiger partial charge in [-0.15, -0.1) is 0 Å². The summed E-state index contributed by atoms with van der Waals surface area (Å²) in [4.78, 5) is 14.5. The van der Waals surface area contributed by atoms with Crippen molar-refractivity contribution in [3.05, 3.63) is 0 Å². The lowest BCUT2D eigenvalue weighted by Crippen LogP contribution is -2.55. The number of likely N-dealkylation sites (tertiary alicyclic amines) is 1. The predicted molar refractivity (Wildman–Crippen MR) is 77.3 cm³/mol. The second-order valence-electron chi connectivity index (χ2n) is 6.87. The number of nitrogens with two attached hydrogens (primary N) is 1. The van der Waals surface area contributed by atoms with Crippen LogP contribution < -0.4 is 11.1 Å². The van der Waals surface area contributed by atoms with Crippen LogP contribution in [0.1, 0.15) is 38.5 Å². The molecule has 0 aromatic heterocycles. The highest BCUT2D eigenvalue weighted by atomic mass is 16.5. The van der Waals surface area contributed by atoms with Gasteiger partial charge in [-0.1, -0.05) is 0 Å². The van der Waals surface area contributed by atoms with Gasteiger partial charge in [-0.3, -0.25) is 9.69 Å². The summed E-state index contributed by atoms with van der Waals surface area (Å²) < 4.78 is 5.26. The molecule has 0 bridgehead atoms. The maximum absolute atomic E-state index is 11.9. The molecule has 3 aliphatic rings. The molecule has 1 saturated heterocycles. The molecule has 3 atom stereocenters. The van der Waals surface area contributed by atoms with Gasteiger partial charge >= 0.3 is 0 Å². The van der Waals surface area contributed by atoms with Crippen molar-refractivity contribution in [3.63, 3.8) is 0 Å². The standard InChI is InChI=1S/C15H27N3O2/c1-20-10-11-5-7-18(9-11)13-4-6-15(8-13,14(16)19)17-12-2-3-12/h11-13,17H,2-10H2,1H3,(H2,16,19). The third-order valence-corrected chi connectivity index (χ3v) is 5.25. The van der Waals surface area contributed by atoms with E-state index in [1.165, 1.54) is 19.3 Å². The van der Waals surface area contributed by atoms with Crippen LogP contribution in [0.2, 0.25) is 0 Å². The van der Waals surface area contributed by atoms with Crippen LogP contribution in [0.3, 0.4) is 0 Å². The van der Waals surface area contributed by atoms with E-state index in [-0.39, 0.29) is 5.91 Å². The molecule has 2 aliphatic carbocycles. The third kappa shape index (κ3) is 2.85. The summed E-state index contributed by atoms with van der Waals surface area (Å²) in [6.07, 6.45) is 6.47. The number of methoxy groups -OCH3 is 1. The highest BCUT2D eigenvalue weighted by Gasteiger charge is 2.48. The van der Waals surface area contributed by atoms with Gasteiger partial charge in [0.2, 0.25) is 5.91 Å². The molecule has 0 spiro atoms. The zero-order chi connectivity index (χ0) is 14.2. The lowest BCUT2D eigenvalue weighted by molar-refractivity contribution is -0.124. The number of carbonyl (C=O) groups excluding carboxylic acids is 1. The molecule has 2 saturated carbocycles. The topological polar surface area (TPSA) is 67.6 Å². The van der Waals surface area contributed by atoms with E-state index in [1.807, 2.05) is 0 Å². The van der Waals surface area contributed by atoms with E-state index in [0.717, 1.165) is 39.0 Å². The summed E-state index contributed by atoms with van der Waals surface area (Å²) in [5, 5.41) is 3.53. The molecule has 1 heterocycles. The van der Waals surface area contributed by atoms with Crippen molar-refractivity contribution in [1.82, 2.24) is 10.2 Å². The molecule has 5 heteroatoms. The normalized spacial score (nSPS) is 38.5. The maximum Gasteiger partial charge on any atom is 0.237 e. The molecule has 114 valence electrons. The van der Waals surface area contributed by atoms with E-state index < -0.39 is 5.54 Å². The predicted octanol–water partition coefficient (Wildman–Crippen LogP) is 0.483. The Balaban J connectivity index is 1.59. The average Bonchev–Trinajstić information content (AvgIpc) is 2.92. The van der Waals surface area contributed by atoms with Gasteiger partial charge < -0.3 is 15.8 Å². The van der Waals surface area contributed by atoms with E-state index in [9.17, 15) is 4.79 Å². The van der Waals surface area contributed by atoms with E-state index in [2.05, 4.69) is 10.2 Å². The number of amides is 1. The van der Waals surface area contributed by atoms with Crippen LogP contribution in [-0.4, -0.2) is 55.2 Å². The first-order valence-corrected chi connectivity index (χ1v) is 7.93. The van der Waals surface area contributed by atoms with Crippen LogP contribution in [0.5, 0.6) is 0 Å². The zero-order valence-corrected chi connectivity index (χ0v) is 12.4. The van der Waals surface area contributed by atoms with Crippen molar-refractivity contribution in [1.29, 1.82) is 0 Å². The molecule has 20 heavy (non-hydrogen) atoms. The van der Waals surface area contributed by atoms with Crippen molar-refractivity contribution in [2.45, 2.75) is 56.1 Å². The zero-order valence-electron chi connectivity index (χ0n) is 12.4. The van der Waals surface area contributed by atoms with Gasteiger partial charge in [0, 0.05) is 25.7 Å². The molecule has 3 unspecified atom stereocenters. The van der Waals surface area contributed by atoms with E-state index in [4.69, 9.17) is 10.5 Å². The minimum atomic E-state index is -0.439. The Labute approximate surface area is 121 Å². The lowest BCUT2D eigenvalue weighted by atomic mass is 9.96. The molecule has 1 amide bonds. The van der Waals surface area contributed by atoms with E-state index in [1.54, 1.807) is 7.11 Å². The van der Waals surface area contributed by atoms with Crippen LogP contribution in [0.4, 0.5) is 0 Å². The molecule has 3 fully saturated rings. The minimum absolute atomic E-state index is 0.153. The number of carbonyl (C=O) groups is 1. The first-order valence-electron chi connectivity index (χ1n) is 7.93. The van der Waals surface area contributed by atoms with Crippen molar-refractivity contribution >= 4 is 5.91 Å². The van der Waals surface area contributed by atoms with Crippen LogP contribution >= 0.6 is 0 Å². The molecule has 0 aromatic rings. The quantitative estimate of drug-likeness (QED) is 0.743. The van der Waals surface area contributed by atoms with Gasteiger partial charge in [0.05, 0.1) is 12.1 Å². The molecule has 3 rings (SSSR count). The summed E-state index contributed by atoms with van der Waals surface area (Å²) in [6.45, 7) is 3.10. The largest absolute Gasteiger partial charge is 0.384 e. The lowest BCUT2D eigenvalue weighted by Gasteiger charge is -2.29. The van der Waals surface area contributed by atoms with Crippen molar-refractivity contribution in [3.8, 4) is 0 Å². The van der Waals surface area contributed by atoms with Gasteiger partial charge in [0.25, 0.3) is 0 Å². The van der Waals surface area contributed by atoms with Crippen LogP contribution in [0.25, 0.3) is 0 Å². The number of ether oxygens (including phenoxy) is 1. The van der Waals surface area contributed by atoms with Crippen molar-refractivity contribution < 1.29 is 9.53 Å². The summed E-state index contributed by atoms with van der Waals surface area (Å²) >= 11 is 0. The van der Waals surface area contributed by atoms with Gasteiger partial charge in [0.1, 0.15) is 0 Å². The number of hydrogen-bond donors (Lipinski definition) is 2. The second-order valence-corrected chi connectivity index (χ2v) is 6.87. The van der Waals surface area contributed by atoms with Gasteiger partial charge in [-0.2, -0.15) is 0 Å². The van der Waals surface area contributed by atoms with Crippen LogP contribution in [0, 0.1) is 5.92 Å². The molecular weight excluding hydrogens is 254 g/mol. The summed E-state index contributed by atoms with van der Waals surface area (Å²) in [6, 6.07) is 1.04. The SMILES string of the molecule is COCC1CCN(C2CCC(NC3CC3)(C(N)=O)C2)C1. The summed E-state index contributed by atoms with van der Waals surface area (Å²) in [5.74, 6) is 0.500. The molecular formula is C15H27N3O2. The van der Waals surface area contributed by atoms with E-state index >= 15 is 0 Å². The van der Waals surface area contributed by atoms with Gasteiger partial charge in [0.15, 0.2) is 0 Å². The summed E-state index contributed by atoms with van der Waals surface area (Å²) in [7, 11) is 1.77. The minimum Gasteiger partial charge on any atom is -0.384 e. The number of primary amides is 1. The highest BCUT2D eigenvalue weighted by molar-refractivity contribution is 5.85. The Bertz CT molecular complexity index is 372. The fraction of sp³-hybridized carbons (Fsp3) is 0.933. The van der Waals surface area contributed by atoms with Crippen LogP contribution in [-0.2, 0) is 9.53 Å². The number of rotatable bonds is 6. The Morgan fingerprint density at radius 2 is 2.20 bits per heavy atom. The van der Waals surface area contributed by atoms with Crippen LogP contribution in [0.15, 0.2) is 0 Å². The number of hydrogen-bond acceptors (Lipinski definition) is 4. The maximum atomic E-state index is 11.9. The number of nitrogens with one attached hydrogen (secondary N) is 1. The average molecular weight is 281 g/mol. The molecule has 0 radical (unpaired) electrons. The third-order valence-electron chi connectivity index (χ3n) is 5.25. The Kier molecular flexibility index (Phi) is 4.02. The Hall–Kier alpha value is -0.650. The molecule has 5 nitrogen and oxygen atoms in total. The fourth-order valence-electron chi connectivity index (χ4n) is 3.94. The molecule has 3 N–H and O–H groups in total. The van der Waals surface area contributed by atoms with Gasteiger partial charge in [-0.25, -0.2) is 0 Å². The molecule has 0 aromatic carbocycles. The van der Waals surface area contributed by atoms with E-state index in [0.29, 0.717) is 18.0 Å². The Morgan fingerprint density at radius 3 is 2.85 bits per heavy atom. The highest BCUT2D eigenvalue weighted by Crippen LogP contribution is 2.37. The van der Waals surface area contributed by atoms with Gasteiger partial charge in [-0.05, 0) is 51.0 Å². The first-order chi connectivity index (χ1) is 9.63. The molecule has 1 aliphatic heterocycles. The first kappa shape index (κ1) is 14.3. The number of nitrogens with zero attached hydrogens (tertiary/aromatic N) is 1. The smallest absolute Gasteiger partial charge is 0.237 e. The van der Waals surface area contributed by atoms with Crippen molar-refractivity contribution in [2.24, 2.45) is 11.7 Å². The monoisotopic (exact) mass is 281 g/mol. The fourth-order valence-corrected chi connectivity index (χ4v) is 3.94. The van der Waals surface area contributed by atoms with Crippen molar-refractivity contribution in [2.75, 3.05) is 26.8 Å². The second kappa shape index (κ2) is 5.62.